The number of halogens is 1. The second-order valence-electron chi connectivity index (χ2n) is 4.45. The Morgan fingerprint density at radius 1 is 1.33 bits per heavy atom. The Bertz CT molecular complexity index is 668. The van der Waals surface area contributed by atoms with E-state index in [1.807, 2.05) is 18.2 Å². The van der Waals surface area contributed by atoms with Crippen LogP contribution in [0.3, 0.4) is 0 Å². The van der Waals surface area contributed by atoms with Crippen molar-refractivity contribution in [2.45, 2.75) is 6.10 Å². The number of hydrogen-bond donors (Lipinski definition) is 2. The van der Waals surface area contributed by atoms with Gasteiger partial charge >= 0.3 is 0 Å². The maximum Gasteiger partial charge on any atom is 0.119 e. The molecule has 0 heterocycles. The van der Waals surface area contributed by atoms with Crippen LogP contribution < -0.4 is 10.1 Å². The number of nitrogens with one attached hydrogen (secondary N) is 1. The number of nitrogens with zero attached hydrogens (tertiary/aromatic N) is 1. The molecule has 108 valence electrons. The van der Waals surface area contributed by atoms with Crippen LogP contribution >= 0.6 is 11.6 Å². The van der Waals surface area contributed by atoms with Crippen LogP contribution in [0.1, 0.15) is 17.2 Å². The molecule has 0 saturated carbocycles. The zero-order valence-corrected chi connectivity index (χ0v) is 12.3. The molecule has 1 atom stereocenters. The van der Waals surface area contributed by atoms with Crippen molar-refractivity contribution < 1.29 is 9.84 Å². The standard InChI is InChI=1S/C16H15ClN2O2/c1-21-13-6-2-4-11(8-13)15(20)10-19-16-12(9-18)5-3-7-14(16)17/h2-8,15,19-20H,10H2,1H3. The Kier molecular flexibility index (Phi) is 5.04. The van der Waals surface area contributed by atoms with E-state index in [2.05, 4.69) is 11.4 Å². The van der Waals surface area contributed by atoms with Crippen LogP contribution in [0.2, 0.25) is 5.02 Å². The second kappa shape index (κ2) is 6.98. The van der Waals surface area contributed by atoms with Crippen LogP contribution in [0, 0.1) is 11.3 Å². The van der Waals surface area contributed by atoms with Crippen molar-refractivity contribution in [1.82, 2.24) is 0 Å². The van der Waals surface area contributed by atoms with Crippen LogP contribution in [0.5, 0.6) is 5.75 Å². The molecule has 5 heteroatoms. The number of anilines is 1. The molecule has 1 unspecified atom stereocenters. The lowest BCUT2D eigenvalue weighted by Gasteiger charge is -2.15. The molecule has 2 aromatic rings. The van der Waals surface area contributed by atoms with Gasteiger partial charge in [0.25, 0.3) is 0 Å². The summed E-state index contributed by atoms with van der Waals surface area (Å²) >= 11 is 6.07. The minimum atomic E-state index is -0.733. The average molecular weight is 303 g/mol. The van der Waals surface area contributed by atoms with Gasteiger partial charge in [-0.3, -0.25) is 0 Å². The molecule has 0 saturated heterocycles. The van der Waals surface area contributed by atoms with Crippen LogP contribution in [0.25, 0.3) is 0 Å². The Morgan fingerprint density at radius 2 is 2.10 bits per heavy atom. The average Bonchev–Trinajstić information content (AvgIpc) is 2.53. The summed E-state index contributed by atoms with van der Waals surface area (Å²) in [5, 5.41) is 22.8. The van der Waals surface area contributed by atoms with Gasteiger partial charge in [-0.2, -0.15) is 5.26 Å². The van der Waals surface area contributed by atoms with Crippen molar-refractivity contribution in [3.8, 4) is 11.8 Å². The fourth-order valence-electron chi connectivity index (χ4n) is 1.96. The number of rotatable bonds is 5. The zero-order chi connectivity index (χ0) is 15.2. The highest BCUT2D eigenvalue weighted by Crippen LogP contribution is 2.26. The van der Waals surface area contributed by atoms with Gasteiger partial charge in [-0.15, -0.1) is 0 Å². The van der Waals surface area contributed by atoms with Crippen molar-refractivity contribution in [1.29, 1.82) is 5.26 Å². The maximum absolute atomic E-state index is 10.2. The van der Waals surface area contributed by atoms with E-state index >= 15 is 0 Å². The lowest BCUT2D eigenvalue weighted by atomic mass is 10.1. The Hall–Kier alpha value is -2.22. The van der Waals surface area contributed by atoms with Crippen molar-refractivity contribution in [2.75, 3.05) is 19.0 Å². The van der Waals surface area contributed by atoms with E-state index in [0.717, 1.165) is 5.56 Å². The number of aliphatic hydroxyl groups excluding tert-OH is 1. The predicted molar refractivity (Wildman–Crippen MR) is 82.6 cm³/mol. The molecular weight excluding hydrogens is 288 g/mol. The van der Waals surface area contributed by atoms with Gasteiger partial charge in [-0.25, -0.2) is 0 Å². The molecule has 0 spiro atoms. The third-order valence-electron chi connectivity index (χ3n) is 3.08. The first-order valence-electron chi connectivity index (χ1n) is 6.40. The molecule has 2 rings (SSSR count). The molecule has 2 N–H and O–H groups in total. The first kappa shape index (κ1) is 15.2. The van der Waals surface area contributed by atoms with E-state index < -0.39 is 6.10 Å². The van der Waals surface area contributed by atoms with Crippen molar-refractivity contribution in [3.05, 3.63) is 58.6 Å². The van der Waals surface area contributed by atoms with E-state index in [0.29, 0.717) is 22.0 Å². The smallest absolute Gasteiger partial charge is 0.119 e. The minimum Gasteiger partial charge on any atom is -0.497 e. The first-order valence-corrected chi connectivity index (χ1v) is 6.78. The number of nitriles is 1. The topological polar surface area (TPSA) is 65.3 Å². The normalized spacial score (nSPS) is 11.5. The van der Waals surface area contributed by atoms with Gasteiger partial charge in [0.2, 0.25) is 0 Å². The largest absolute Gasteiger partial charge is 0.497 e. The Morgan fingerprint density at radius 3 is 2.81 bits per heavy atom. The molecule has 0 aromatic heterocycles. The van der Waals surface area contributed by atoms with E-state index in [9.17, 15) is 5.11 Å². The molecule has 0 bridgehead atoms. The second-order valence-corrected chi connectivity index (χ2v) is 4.85. The monoisotopic (exact) mass is 302 g/mol. The summed E-state index contributed by atoms with van der Waals surface area (Å²) in [6.07, 6.45) is -0.733. The minimum absolute atomic E-state index is 0.242. The summed E-state index contributed by atoms with van der Waals surface area (Å²) in [6, 6.07) is 14.4. The quantitative estimate of drug-likeness (QED) is 0.889. The van der Waals surface area contributed by atoms with Crippen molar-refractivity contribution >= 4 is 17.3 Å². The summed E-state index contributed by atoms with van der Waals surface area (Å²) in [5.74, 6) is 0.682. The van der Waals surface area contributed by atoms with Gasteiger partial charge in [0, 0.05) is 6.54 Å². The third kappa shape index (κ3) is 3.66. The molecule has 0 aliphatic rings. The fraction of sp³-hybridized carbons (Fsp3) is 0.188. The highest BCUT2D eigenvalue weighted by atomic mass is 35.5. The zero-order valence-electron chi connectivity index (χ0n) is 11.5. The molecule has 4 nitrogen and oxygen atoms in total. The number of hydrogen-bond acceptors (Lipinski definition) is 4. The summed E-state index contributed by atoms with van der Waals surface area (Å²) in [4.78, 5) is 0. The van der Waals surface area contributed by atoms with Crippen molar-refractivity contribution in [3.63, 3.8) is 0 Å². The highest BCUT2D eigenvalue weighted by molar-refractivity contribution is 6.33. The first-order chi connectivity index (χ1) is 10.2. The van der Waals surface area contributed by atoms with Gasteiger partial charge < -0.3 is 15.2 Å². The van der Waals surface area contributed by atoms with E-state index in [1.165, 1.54) is 0 Å². The molecule has 2 aromatic carbocycles. The van der Waals surface area contributed by atoms with Gasteiger partial charge in [-0.05, 0) is 29.8 Å². The lowest BCUT2D eigenvalue weighted by molar-refractivity contribution is 0.191. The van der Waals surface area contributed by atoms with Crippen LogP contribution in [-0.4, -0.2) is 18.8 Å². The third-order valence-corrected chi connectivity index (χ3v) is 3.40. The molecule has 21 heavy (non-hydrogen) atoms. The van der Waals surface area contributed by atoms with Gasteiger partial charge in [0.1, 0.15) is 11.8 Å². The van der Waals surface area contributed by atoms with Gasteiger partial charge in [0.05, 0.1) is 29.5 Å². The lowest BCUT2D eigenvalue weighted by Crippen LogP contribution is -2.13. The van der Waals surface area contributed by atoms with E-state index in [-0.39, 0.29) is 6.54 Å². The van der Waals surface area contributed by atoms with E-state index in [1.54, 1.807) is 31.4 Å². The summed E-state index contributed by atoms with van der Waals surface area (Å²) < 4.78 is 5.13. The van der Waals surface area contributed by atoms with E-state index in [4.69, 9.17) is 21.6 Å². The highest BCUT2D eigenvalue weighted by Gasteiger charge is 2.11. The maximum atomic E-state index is 10.2. The molecule has 0 aliphatic heterocycles. The molecule has 0 radical (unpaired) electrons. The summed E-state index contributed by atoms with van der Waals surface area (Å²) in [7, 11) is 1.58. The fourth-order valence-corrected chi connectivity index (χ4v) is 2.20. The molecular formula is C16H15ClN2O2. The van der Waals surface area contributed by atoms with Crippen LogP contribution in [-0.2, 0) is 0 Å². The Labute approximate surface area is 128 Å². The Balaban J connectivity index is 2.11. The number of benzene rings is 2. The number of aliphatic hydroxyl groups is 1. The SMILES string of the molecule is COc1cccc(C(O)CNc2c(Cl)cccc2C#N)c1. The van der Waals surface area contributed by atoms with Crippen LogP contribution in [0.4, 0.5) is 5.69 Å². The number of methoxy groups -OCH3 is 1. The van der Waals surface area contributed by atoms with Crippen LogP contribution in [0.15, 0.2) is 42.5 Å². The molecule has 0 amide bonds. The summed E-state index contributed by atoms with van der Waals surface area (Å²) in [6.45, 7) is 0.242. The van der Waals surface area contributed by atoms with Gasteiger partial charge in [0.15, 0.2) is 0 Å². The predicted octanol–water partition coefficient (Wildman–Crippen LogP) is 3.37. The molecule has 0 aliphatic carbocycles. The van der Waals surface area contributed by atoms with Crippen molar-refractivity contribution in [2.24, 2.45) is 0 Å². The number of ether oxygens (including phenoxy) is 1. The number of para-hydroxylation sites is 1. The van der Waals surface area contributed by atoms with Gasteiger partial charge in [-0.1, -0.05) is 29.8 Å². The summed E-state index contributed by atoms with van der Waals surface area (Å²) in [5.41, 5.74) is 1.70. The molecule has 0 fully saturated rings.